The predicted molar refractivity (Wildman–Crippen MR) is 80.4 cm³/mol. The Morgan fingerprint density at radius 3 is 2.47 bits per heavy atom. The van der Waals surface area contributed by atoms with Crippen molar-refractivity contribution in [1.82, 2.24) is 4.98 Å². The molecule has 0 N–H and O–H groups in total. The summed E-state index contributed by atoms with van der Waals surface area (Å²) in [4.78, 5) is 4.15. The van der Waals surface area contributed by atoms with Crippen LogP contribution in [0.3, 0.4) is 0 Å². The van der Waals surface area contributed by atoms with Crippen molar-refractivity contribution in [3.63, 3.8) is 0 Å². The van der Waals surface area contributed by atoms with Crippen molar-refractivity contribution in [3.8, 4) is 16.7 Å². The molecule has 2 aromatic carbocycles. The standard InChI is InChI=1S/C14H10BrNO2S/c1-17-11-4-2-9-3-5-12(7-10(9)6-11)18-14-16-8-13(15)19-14/h2-8H,1H3. The normalized spacial score (nSPS) is 10.6. The Hall–Kier alpha value is -1.59. The van der Waals surface area contributed by atoms with Crippen LogP contribution in [0.15, 0.2) is 46.4 Å². The van der Waals surface area contributed by atoms with Crippen LogP contribution < -0.4 is 9.47 Å². The van der Waals surface area contributed by atoms with E-state index < -0.39 is 0 Å². The summed E-state index contributed by atoms with van der Waals surface area (Å²) < 4.78 is 11.9. The number of aromatic nitrogens is 1. The first-order valence-corrected chi connectivity index (χ1v) is 7.22. The average Bonchev–Trinajstić information content (AvgIpc) is 2.83. The van der Waals surface area contributed by atoms with E-state index in [0.29, 0.717) is 5.19 Å². The quantitative estimate of drug-likeness (QED) is 0.684. The summed E-state index contributed by atoms with van der Waals surface area (Å²) in [6.07, 6.45) is 1.73. The molecule has 5 heteroatoms. The number of methoxy groups -OCH3 is 1. The topological polar surface area (TPSA) is 31.4 Å². The smallest absolute Gasteiger partial charge is 0.279 e. The van der Waals surface area contributed by atoms with E-state index in [4.69, 9.17) is 9.47 Å². The molecular formula is C14H10BrNO2S. The van der Waals surface area contributed by atoms with Gasteiger partial charge in [-0.3, -0.25) is 0 Å². The van der Waals surface area contributed by atoms with Crippen LogP contribution in [0.25, 0.3) is 10.8 Å². The Bertz CT molecular complexity index is 726. The van der Waals surface area contributed by atoms with E-state index in [1.54, 1.807) is 13.3 Å². The zero-order valence-electron chi connectivity index (χ0n) is 10.1. The van der Waals surface area contributed by atoms with Gasteiger partial charge < -0.3 is 9.47 Å². The molecule has 0 saturated carbocycles. The fraction of sp³-hybridized carbons (Fsp3) is 0.0714. The number of ether oxygens (including phenoxy) is 2. The number of benzene rings is 2. The molecule has 1 aromatic heterocycles. The van der Waals surface area contributed by atoms with Crippen molar-refractivity contribution in [2.75, 3.05) is 7.11 Å². The maximum atomic E-state index is 5.72. The van der Waals surface area contributed by atoms with E-state index in [-0.39, 0.29) is 0 Å². The lowest BCUT2D eigenvalue weighted by Gasteiger charge is -2.05. The predicted octanol–water partition coefficient (Wildman–Crippen LogP) is 4.86. The summed E-state index contributed by atoms with van der Waals surface area (Å²) in [5.74, 6) is 1.60. The number of thiazole rings is 1. The third kappa shape index (κ3) is 2.72. The number of hydrogen-bond acceptors (Lipinski definition) is 4. The summed E-state index contributed by atoms with van der Waals surface area (Å²) in [7, 11) is 1.66. The Balaban J connectivity index is 1.95. The second-order valence-corrected chi connectivity index (χ2v) is 6.28. The molecule has 0 spiro atoms. The number of hydrogen-bond donors (Lipinski definition) is 0. The van der Waals surface area contributed by atoms with Gasteiger partial charge in [-0.1, -0.05) is 23.5 Å². The lowest BCUT2D eigenvalue weighted by molar-refractivity contribution is 0.415. The molecule has 1 heterocycles. The van der Waals surface area contributed by atoms with E-state index in [9.17, 15) is 0 Å². The number of fused-ring (bicyclic) bond motifs is 1. The minimum Gasteiger partial charge on any atom is -0.497 e. The second-order valence-electron chi connectivity index (χ2n) is 3.91. The lowest BCUT2D eigenvalue weighted by Crippen LogP contribution is -1.85. The maximum absolute atomic E-state index is 5.72. The van der Waals surface area contributed by atoms with Gasteiger partial charge in [0, 0.05) is 0 Å². The molecule has 0 radical (unpaired) electrons. The minimum absolute atomic E-state index is 0.620. The van der Waals surface area contributed by atoms with E-state index >= 15 is 0 Å². The maximum Gasteiger partial charge on any atom is 0.279 e. The molecule has 96 valence electrons. The van der Waals surface area contributed by atoms with Gasteiger partial charge in [0.2, 0.25) is 0 Å². The van der Waals surface area contributed by atoms with Crippen LogP contribution in [0.2, 0.25) is 0 Å². The number of rotatable bonds is 3. The molecule has 3 rings (SSSR count). The van der Waals surface area contributed by atoms with E-state index in [0.717, 1.165) is 26.1 Å². The lowest BCUT2D eigenvalue weighted by atomic mass is 10.1. The Labute approximate surface area is 122 Å². The molecule has 0 amide bonds. The first kappa shape index (κ1) is 12.4. The summed E-state index contributed by atoms with van der Waals surface area (Å²) >= 11 is 4.82. The molecule has 0 aliphatic rings. The van der Waals surface area contributed by atoms with E-state index in [1.807, 2.05) is 36.4 Å². The highest BCUT2D eigenvalue weighted by molar-refractivity contribution is 9.11. The highest BCUT2D eigenvalue weighted by atomic mass is 79.9. The van der Waals surface area contributed by atoms with Crippen molar-refractivity contribution < 1.29 is 9.47 Å². The highest BCUT2D eigenvalue weighted by Crippen LogP contribution is 2.31. The molecule has 3 aromatic rings. The Morgan fingerprint density at radius 2 is 1.79 bits per heavy atom. The molecule has 0 aliphatic carbocycles. The van der Waals surface area contributed by atoms with Gasteiger partial charge in [0.25, 0.3) is 5.19 Å². The van der Waals surface area contributed by atoms with Crippen LogP contribution in [0.5, 0.6) is 16.7 Å². The summed E-state index contributed by atoms with van der Waals surface area (Å²) in [5, 5.41) is 2.84. The monoisotopic (exact) mass is 335 g/mol. The van der Waals surface area contributed by atoms with Crippen LogP contribution >= 0.6 is 27.3 Å². The minimum atomic E-state index is 0.620. The molecule has 0 unspecified atom stereocenters. The van der Waals surface area contributed by atoms with Gasteiger partial charge in [0.15, 0.2) is 0 Å². The zero-order chi connectivity index (χ0) is 13.2. The SMILES string of the molecule is COc1ccc2ccc(Oc3ncc(Br)s3)cc2c1. The van der Waals surface area contributed by atoms with Gasteiger partial charge in [-0.25, -0.2) is 4.98 Å². The molecule has 19 heavy (non-hydrogen) atoms. The third-order valence-electron chi connectivity index (χ3n) is 2.68. The first-order valence-electron chi connectivity index (χ1n) is 5.61. The van der Waals surface area contributed by atoms with E-state index in [1.165, 1.54) is 11.3 Å². The largest absolute Gasteiger partial charge is 0.497 e. The summed E-state index contributed by atoms with van der Waals surface area (Å²) in [6, 6.07) is 11.9. The molecule has 0 saturated heterocycles. The van der Waals surface area contributed by atoms with Gasteiger partial charge in [-0.15, -0.1) is 0 Å². The van der Waals surface area contributed by atoms with Crippen molar-refractivity contribution in [3.05, 3.63) is 46.4 Å². The van der Waals surface area contributed by atoms with Gasteiger partial charge in [-0.2, -0.15) is 0 Å². The van der Waals surface area contributed by atoms with Gasteiger partial charge >= 0.3 is 0 Å². The fourth-order valence-electron chi connectivity index (χ4n) is 1.78. The number of nitrogens with zero attached hydrogens (tertiary/aromatic N) is 1. The average molecular weight is 336 g/mol. The van der Waals surface area contributed by atoms with Gasteiger partial charge in [0.1, 0.15) is 11.5 Å². The molecular weight excluding hydrogens is 326 g/mol. The molecule has 0 aliphatic heterocycles. The molecule has 0 fully saturated rings. The summed E-state index contributed by atoms with van der Waals surface area (Å²) in [5.41, 5.74) is 0. The third-order valence-corrected chi connectivity index (χ3v) is 4.03. The van der Waals surface area contributed by atoms with Crippen molar-refractivity contribution in [1.29, 1.82) is 0 Å². The highest BCUT2D eigenvalue weighted by Gasteiger charge is 2.04. The molecule has 0 bridgehead atoms. The zero-order valence-corrected chi connectivity index (χ0v) is 12.5. The van der Waals surface area contributed by atoms with Crippen LogP contribution in [-0.4, -0.2) is 12.1 Å². The Morgan fingerprint density at radius 1 is 1.05 bits per heavy atom. The van der Waals surface area contributed by atoms with Gasteiger partial charge in [0.05, 0.1) is 17.1 Å². The number of halogens is 1. The van der Waals surface area contributed by atoms with Crippen LogP contribution in [0.1, 0.15) is 0 Å². The Kier molecular flexibility index (Phi) is 3.40. The van der Waals surface area contributed by atoms with Crippen LogP contribution in [0.4, 0.5) is 0 Å². The molecule has 3 nitrogen and oxygen atoms in total. The van der Waals surface area contributed by atoms with Gasteiger partial charge in [-0.05, 0) is 51.0 Å². The van der Waals surface area contributed by atoms with Crippen LogP contribution in [0, 0.1) is 0 Å². The fourth-order valence-corrected chi connectivity index (χ4v) is 2.81. The second kappa shape index (κ2) is 5.19. The first-order chi connectivity index (χ1) is 9.24. The van der Waals surface area contributed by atoms with E-state index in [2.05, 4.69) is 20.9 Å². The van der Waals surface area contributed by atoms with Crippen molar-refractivity contribution >= 4 is 38.0 Å². The molecule has 0 atom stereocenters. The van der Waals surface area contributed by atoms with Crippen molar-refractivity contribution in [2.45, 2.75) is 0 Å². The summed E-state index contributed by atoms with van der Waals surface area (Å²) in [6.45, 7) is 0. The van der Waals surface area contributed by atoms with Crippen molar-refractivity contribution in [2.24, 2.45) is 0 Å². The van der Waals surface area contributed by atoms with Crippen LogP contribution in [-0.2, 0) is 0 Å².